The van der Waals surface area contributed by atoms with Gasteiger partial charge in [-0.05, 0) is 29.9 Å². The Morgan fingerprint density at radius 2 is 2.24 bits per heavy atom. The van der Waals surface area contributed by atoms with Crippen LogP contribution in [-0.2, 0) is 11.3 Å². The van der Waals surface area contributed by atoms with Crippen LogP contribution in [0.15, 0.2) is 30.3 Å². The fourth-order valence-electron chi connectivity index (χ4n) is 2.43. The summed E-state index contributed by atoms with van der Waals surface area (Å²) in [7, 11) is 0. The molecule has 1 saturated heterocycles. The van der Waals surface area contributed by atoms with Crippen molar-refractivity contribution in [1.29, 1.82) is 0 Å². The second kappa shape index (κ2) is 6.09. The van der Waals surface area contributed by atoms with E-state index in [4.69, 9.17) is 10.5 Å². The Labute approximate surface area is 126 Å². The van der Waals surface area contributed by atoms with Crippen molar-refractivity contribution in [2.24, 2.45) is 0 Å². The number of ether oxygens (including phenoxy) is 1. The number of hydrogen-bond acceptors (Lipinski definition) is 6. The lowest BCUT2D eigenvalue weighted by Gasteiger charge is -2.22. The van der Waals surface area contributed by atoms with E-state index in [1.807, 2.05) is 30.3 Å². The van der Waals surface area contributed by atoms with Crippen molar-refractivity contribution in [1.82, 2.24) is 14.3 Å². The second-order valence-corrected chi connectivity index (χ2v) is 5.67. The SMILES string of the molecule is Nc1nsc([C@@H]2CCCN2C(=O)OCc2ccccc2)n1. The molecule has 2 N–H and O–H groups in total. The number of carbonyl (C=O) groups is 1. The van der Waals surface area contributed by atoms with Crippen LogP contribution in [0.4, 0.5) is 10.7 Å². The third-order valence-electron chi connectivity index (χ3n) is 3.43. The van der Waals surface area contributed by atoms with Gasteiger partial charge < -0.3 is 10.5 Å². The number of benzene rings is 1. The molecule has 110 valence electrons. The maximum Gasteiger partial charge on any atom is 0.410 e. The molecule has 1 aliphatic rings. The fraction of sp³-hybridized carbons (Fsp3) is 0.357. The number of rotatable bonds is 3. The third-order valence-corrected chi connectivity index (χ3v) is 4.26. The lowest BCUT2D eigenvalue weighted by atomic mass is 10.2. The summed E-state index contributed by atoms with van der Waals surface area (Å²) in [5.74, 6) is 0.263. The topological polar surface area (TPSA) is 81.3 Å². The molecule has 2 heterocycles. The Morgan fingerprint density at radius 1 is 1.43 bits per heavy atom. The molecule has 1 fully saturated rings. The van der Waals surface area contributed by atoms with Crippen LogP contribution in [0.25, 0.3) is 0 Å². The van der Waals surface area contributed by atoms with Gasteiger partial charge in [0, 0.05) is 6.54 Å². The van der Waals surface area contributed by atoms with Crippen LogP contribution in [0.3, 0.4) is 0 Å². The van der Waals surface area contributed by atoms with E-state index in [9.17, 15) is 4.79 Å². The van der Waals surface area contributed by atoms with Gasteiger partial charge in [0.05, 0.1) is 6.04 Å². The molecule has 1 aromatic heterocycles. The Hall–Kier alpha value is -2.15. The molecule has 3 rings (SSSR count). The van der Waals surface area contributed by atoms with Crippen molar-refractivity contribution >= 4 is 23.6 Å². The van der Waals surface area contributed by atoms with Crippen LogP contribution in [-0.4, -0.2) is 26.9 Å². The second-order valence-electron chi connectivity index (χ2n) is 4.88. The van der Waals surface area contributed by atoms with Gasteiger partial charge in [0.15, 0.2) is 0 Å². The van der Waals surface area contributed by atoms with E-state index in [2.05, 4.69) is 9.36 Å². The van der Waals surface area contributed by atoms with E-state index in [0.29, 0.717) is 6.54 Å². The van der Waals surface area contributed by atoms with Crippen LogP contribution >= 0.6 is 11.5 Å². The zero-order valence-corrected chi connectivity index (χ0v) is 12.3. The number of carbonyl (C=O) groups excluding carboxylic acids is 1. The van der Waals surface area contributed by atoms with Gasteiger partial charge >= 0.3 is 6.09 Å². The zero-order chi connectivity index (χ0) is 14.7. The molecule has 2 aromatic rings. The Morgan fingerprint density at radius 3 is 2.95 bits per heavy atom. The maximum absolute atomic E-state index is 12.2. The van der Waals surface area contributed by atoms with Crippen molar-refractivity contribution in [2.45, 2.75) is 25.5 Å². The van der Waals surface area contributed by atoms with Gasteiger partial charge in [-0.3, -0.25) is 4.90 Å². The first-order valence-electron chi connectivity index (χ1n) is 6.80. The smallest absolute Gasteiger partial charge is 0.410 e. The molecular weight excluding hydrogens is 288 g/mol. The molecule has 0 radical (unpaired) electrons. The van der Waals surface area contributed by atoms with Gasteiger partial charge in [-0.25, -0.2) is 9.78 Å². The molecule has 0 bridgehead atoms. The van der Waals surface area contributed by atoms with Crippen molar-refractivity contribution in [3.8, 4) is 0 Å². The normalized spacial score (nSPS) is 17.9. The Balaban J connectivity index is 1.63. The van der Waals surface area contributed by atoms with E-state index < -0.39 is 0 Å². The van der Waals surface area contributed by atoms with Gasteiger partial charge in [0.1, 0.15) is 11.6 Å². The quantitative estimate of drug-likeness (QED) is 0.942. The average molecular weight is 304 g/mol. The van der Waals surface area contributed by atoms with E-state index in [1.165, 1.54) is 11.5 Å². The van der Waals surface area contributed by atoms with Gasteiger partial charge in [0.25, 0.3) is 0 Å². The molecule has 0 spiro atoms. The van der Waals surface area contributed by atoms with E-state index in [1.54, 1.807) is 4.90 Å². The minimum absolute atomic E-state index is 0.0666. The number of nitrogens with two attached hydrogens (primary N) is 1. The number of likely N-dealkylation sites (tertiary alicyclic amines) is 1. The molecule has 7 heteroatoms. The standard InChI is InChI=1S/C14H16N4O2S/c15-13-16-12(21-17-13)11-7-4-8-18(11)14(19)20-9-10-5-2-1-3-6-10/h1-3,5-6,11H,4,7-9H2,(H2,15,17)/t11-/m0/s1. The fourth-order valence-corrected chi connectivity index (χ4v) is 3.16. The number of amides is 1. The molecule has 1 aromatic carbocycles. The van der Waals surface area contributed by atoms with Crippen molar-refractivity contribution in [3.05, 3.63) is 40.9 Å². The number of nitrogens with zero attached hydrogens (tertiary/aromatic N) is 3. The van der Waals surface area contributed by atoms with E-state index in [0.717, 1.165) is 23.4 Å². The molecule has 6 nitrogen and oxygen atoms in total. The van der Waals surface area contributed by atoms with Crippen molar-refractivity contribution in [2.75, 3.05) is 12.3 Å². The minimum atomic E-state index is -0.310. The van der Waals surface area contributed by atoms with Crippen LogP contribution in [0.2, 0.25) is 0 Å². The van der Waals surface area contributed by atoms with Gasteiger partial charge in [-0.1, -0.05) is 30.3 Å². The summed E-state index contributed by atoms with van der Waals surface area (Å²) in [4.78, 5) is 18.1. The van der Waals surface area contributed by atoms with Crippen LogP contribution in [0.1, 0.15) is 29.5 Å². The Kier molecular flexibility index (Phi) is 4.01. The largest absolute Gasteiger partial charge is 0.445 e. The predicted octanol–water partition coefficient (Wildman–Crippen LogP) is 2.59. The molecule has 1 atom stereocenters. The third kappa shape index (κ3) is 3.13. The molecule has 1 amide bonds. The highest BCUT2D eigenvalue weighted by atomic mass is 32.1. The monoisotopic (exact) mass is 304 g/mol. The first-order valence-corrected chi connectivity index (χ1v) is 7.58. The zero-order valence-electron chi connectivity index (χ0n) is 11.4. The molecule has 1 aliphatic heterocycles. The first kappa shape index (κ1) is 13.8. The lowest BCUT2D eigenvalue weighted by Crippen LogP contribution is -2.31. The highest BCUT2D eigenvalue weighted by Crippen LogP contribution is 2.33. The Bertz CT molecular complexity index is 616. The first-order chi connectivity index (χ1) is 10.2. The molecule has 0 saturated carbocycles. The van der Waals surface area contributed by atoms with Gasteiger partial charge in [-0.2, -0.15) is 4.37 Å². The van der Waals surface area contributed by atoms with Crippen molar-refractivity contribution < 1.29 is 9.53 Å². The number of hydrogen-bond donors (Lipinski definition) is 1. The molecular formula is C14H16N4O2S. The molecule has 0 unspecified atom stereocenters. The van der Waals surface area contributed by atoms with Crippen LogP contribution in [0, 0.1) is 0 Å². The summed E-state index contributed by atoms with van der Waals surface area (Å²) in [6, 6.07) is 9.57. The van der Waals surface area contributed by atoms with E-state index in [-0.39, 0.29) is 24.7 Å². The summed E-state index contributed by atoms with van der Waals surface area (Å²) < 4.78 is 9.36. The van der Waals surface area contributed by atoms with Crippen molar-refractivity contribution in [3.63, 3.8) is 0 Å². The summed E-state index contributed by atoms with van der Waals surface area (Å²) in [6.45, 7) is 0.957. The summed E-state index contributed by atoms with van der Waals surface area (Å²) in [5, 5.41) is 0.779. The highest BCUT2D eigenvalue weighted by Gasteiger charge is 2.33. The predicted molar refractivity (Wildman–Crippen MR) is 79.6 cm³/mol. The highest BCUT2D eigenvalue weighted by molar-refractivity contribution is 7.05. The van der Waals surface area contributed by atoms with Crippen LogP contribution in [0.5, 0.6) is 0 Å². The van der Waals surface area contributed by atoms with Gasteiger partial charge in [0.2, 0.25) is 5.95 Å². The minimum Gasteiger partial charge on any atom is -0.445 e. The maximum atomic E-state index is 12.2. The number of anilines is 1. The lowest BCUT2D eigenvalue weighted by molar-refractivity contribution is 0.0920. The number of aromatic nitrogens is 2. The van der Waals surface area contributed by atoms with Crippen LogP contribution < -0.4 is 5.73 Å². The molecule has 0 aliphatic carbocycles. The average Bonchev–Trinajstić information content (AvgIpc) is 3.14. The number of nitrogen functional groups attached to an aromatic ring is 1. The summed E-state index contributed by atoms with van der Waals surface area (Å²) >= 11 is 1.25. The summed E-state index contributed by atoms with van der Waals surface area (Å²) in [5.41, 5.74) is 6.53. The summed E-state index contributed by atoms with van der Waals surface area (Å²) in [6.07, 6.45) is 1.50. The molecule has 21 heavy (non-hydrogen) atoms. The van der Waals surface area contributed by atoms with E-state index >= 15 is 0 Å². The van der Waals surface area contributed by atoms with Gasteiger partial charge in [-0.15, -0.1) is 0 Å².